The lowest BCUT2D eigenvalue weighted by molar-refractivity contribution is 0.0660. The smallest absolute Gasteiger partial charge is 0.371 e. The van der Waals surface area contributed by atoms with Gasteiger partial charge in [-0.15, -0.1) is 0 Å². The molecule has 0 saturated carbocycles. The second-order valence-corrected chi connectivity index (χ2v) is 3.87. The van der Waals surface area contributed by atoms with Gasteiger partial charge in [0.2, 0.25) is 5.76 Å². The summed E-state index contributed by atoms with van der Waals surface area (Å²) in [7, 11) is 0. The van der Waals surface area contributed by atoms with Crippen LogP contribution in [0, 0.1) is 13.8 Å². The number of hydrogen-bond acceptors (Lipinski definition) is 5. The minimum Gasteiger partial charge on any atom is -0.475 e. The predicted molar refractivity (Wildman–Crippen MR) is 64.5 cm³/mol. The first kappa shape index (κ1) is 12.1. The number of aromatic carboxylic acids is 1. The minimum atomic E-state index is -1.08. The molecule has 0 aliphatic rings. The number of nitrogens with one attached hydrogen (secondary N) is 1. The molecule has 0 aliphatic heterocycles. The van der Waals surface area contributed by atoms with Gasteiger partial charge in [-0.1, -0.05) is 0 Å². The molecule has 2 rings (SSSR count). The predicted octanol–water partition coefficient (Wildman–Crippen LogP) is 2.00. The molecule has 0 saturated heterocycles. The van der Waals surface area contributed by atoms with Crippen LogP contribution in [0.1, 0.15) is 27.7 Å². The van der Waals surface area contributed by atoms with Crippen molar-refractivity contribution < 1.29 is 14.3 Å². The summed E-state index contributed by atoms with van der Waals surface area (Å²) in [5.74, 6) is 0.0602. The van der Waals surface area contributed by atoms with Crippen molar-refractivity contribution in [3.8, 4) is 0 Å². The standard InChI is InChI=1S/C12H13N3O3/c1-7-5-13-8(2)11(15-7)14-6-9-3-4-10(18-9)12(16)17/h3-5H,6H2,1-2H3,(H,14,15)(H,16,17). The summed E-state index contributed by atoms with van der Waals surface area (Å²) in [4.78, 5) is 19.1. The zero-order chi connectivity index (χ0) is 13.1. The summed E-state index contributed by atoms with van der Waals surface area (Å²) in [6.45, 7) is 4.07. The number of carboxylic acid groups (broad SMARTS) is 1. The van der Waals surface area contributed by atoms with Crippen LogP contribution in [0.2, 0.25) is 0 Å². The molecule has 2 aromatic heterocycles. The Hall–Kier alpha value is -2.37. The molecule has 0 spiro atoms. The highest BCUT2D eigenvalue weighted by atomic mass is 16.4. The van der Waals surface area contributed by atoms with Crippen LogP contribution >= 0.6 is 0 Å². The summed E-state index contributed by atoms with van der Waals surface area (Å²) in [5, 5.41) is 11.8. The van der Waals surface area contributed by atoms with E-state index in [0.717, 1.165) is 11.4 Å². The van der Waals surface area contributed by atoms with E-state index in [1.807, 2.05) is 13.8 Å². The van der Waals surface area contributed by atoms with E-state index in [0.29, 0.717) is 18.1 Å². The molecule has 2 aromatic rings. The number of hydrogen-bond donors (Lipinski definition) is 2. The van der Waals surface area contributed by atoms with Gasteiger partial charge in [0.25, 0.3) is 0 Å². The number of aromatic nitrogens is 2. The normalized spacial score (nSPS) is 10.3. The number of carbonyl (C=O) groups is 1. The number of carboxylic acids is 1. The monoisotopic (exact) mass is 247 g/mol. The topological polar surface area (TPSA) is 88.2 Å². The van der Waals surface area contributed by atoms with Crippen molar-refractivity contribution in [1.82, 2.24) is 9.97 Å². The van der Waals surface area contributed by atoms with Crippen LogP contribution in [0.4, 0.5) is 5.82 Å². The first-order valence-electron chi connectivity index (χ1n) is 5.42. The molecule has 0 radical (unpaired) electrons. The summed E-state index contributed by atoms with van der Waals surface area (Å²) >= 11 is 0. The number of furan rings is 1. The Morgan fingerprint density at radius 1 is 1.44 bits per heavy atom. The minimum absolute atomic E-state index is 0.0705. The maximum absolute atomic E-state index is 10.7. The van der Waals surface area contributed by atoms with Gasteiger partial charge in [-0.25, -0.2) is 9.78 Å². The van der Waals surface area contributed by atoms with Gasteiger partial charge in [0, 0.05) is 6.20 Å². The van der Waals surface area contributed by atoms with E-state index in [4.69, 9.17) is 9.52 Å². The van der Waals surface area contributed by atoms with Gasteiger partial charge in [0.15, 0.2) is 0 Å². The molecular formula is C12H13N3O3. The third kappa shape index (κ3) is 2.65. The van der Waals surface area contributed by atoms with Gasteiger partial charge in [-0.3, -0.25) is 4.98 Å². The Morgan fingerprint density at radius 2 is 2.22 bits per heavy atom. The van der Waals surface area contributed by atoms with Gasteiger partial charge < -0.3 is 14.8 Å². The number of nitrogens with zero attached hydrogens (tertiary/aromatic N) is 2. The fourth-order valence-electron chi connectivity index (χ4n) is 1.46. The summed E-state index contributed by atoms with van der Waals surface area (Å²) in [6.07, 6.45) is 1.69. The average molecular weight is 247 g/mol. The van der Waals surface area contributed by atoms with Crippen molar-refractivity contribution >= 4 is 11.8 Å². The zero-order valence-electron chi connectivity index (χ0n) is 10.1. The fraction of sp³-hybridized carbons (Fsp3) is 0.250. The van der Waals surface area contributed by atoms with Gasteiger partial charge in [-0.2, -0.15) is 0 Å². The second-order valence-electron chi connectivity index (χ2n) is 3.87. The van der Waals surface area contributed by atoms with Gasteiger partial charge >= 0.3 is 5.97 Å². The molecule has 0 unspecified atom stereocenters. The zero-order valence-corrected chi connectivity index (χ0v) is 10.1. The number of rotatable bonds is 4. The number of aryl methyl sites for hydroxylation is 2. The highest BCUT2D eigenvalue weighted by Gasteiger charge is 2.09. The molecule has 18 heavy (non-hydrogen) atoms. The van der Waals surface area contributed by atoms with E-state index in [2.05, 4.69) is 15.3 Å². The van der Waals surface area contributed by atoms with Crippen LogP contribution in [0.25, 0.3) is 0 Å². The van der Waals surface area contributed by atoms with Crippen molar-refractivity contribution in [2.45, 2.75) is 20.4 Å². The van der Waals surface area contributed by atoms with E-state index < -0.39 is 5.97 Å². The van der Waals surface area contributed by atoms with E-state index in [9.17, 15) is 4.79 Å². The third-order valence-corrected chi connectivity index (χ3v) is 2.38. The van der Waals surface area contributed by atoms with Crippen molar-refractivity contribution in [3.05, 3.63) is 41.2 Å². The van der Waals surface area contributed by atoms with E-state index >= 15 is 0 Å². The van der Waals surface area contributed by atoms with Gasteiger partial charge in [0.1, 0.15) is 11.6 Å². The Balaban J connectivity index is 2.06. The lowest BCUT2D eigenvalue weighted by atomic mass is 10.4. The Kier molecular flexibility index (Phi) is 3.27. The highest BCUT2D eigenvalue weighted by Crippen LogP contribution is 2.13. The first-order valence-corrected chi connectivity index (χ1v) is 5.42. The molecule has 0 atom stereocenters. The molecule has 0 fully saturated rings. The lowest BCUT2D eigenvalue weighted by Crippen LogP contribution is -2.04. The van der Waals surface area contributed by atoms with Crippen LogP contribution < -0.4 is 5.32 Å². The Bertz CT molecular complexity index is 578. The van der Waals surface area contributed by atoms with Gasteiger partial charge in [-0.05, 0) is 26.0 Å². The van der Waals surface area contributed by atoms with Crippen LogP contribution in [0.3, 0.4) is 0 Å². The third-order valence-electron chi connectivity index (χ3n) is 2.38. The molecule has 2 heterocycles. The van der Waals surface area contributed by atoms with Gasteiger partial charge in [0.05, 0.1) is 17.9 Å². The maximum atomic E-state index is 10.7. The summed E-state index contributed by atoms with van der Waals surface area (Å²) < 4.78 is 5.13. The molecule has 2 N–H and O–H groups in total. The van der Waals surface area contributed by atoms with E-state index in [-0.39, 0.29) is 5.76 Å². The SMILES string of the molecule is Cc1cnc(C)c(NCc2ccc(C(=O)O)o2)n1. The molecule has 0 aliphatic carbocycles. The number of anilines is 1. The first-order chi connectivity index (χ1) is 8.56. The molecule has 94 valence electrons. The summed E-state index contributed by atoms with van der Waals surface area (Å²) in [5.41, 5.74) is 1.60. The highest BCUT2D eigenvalue weighted by molar-refractivity contribution is 5.84. The second kappa shape index (κ2) is 4.87. The van der Waals surface area contributed by atoms with Crippen molar-refractivity contribution in [2.75, 3.05) is 5.32 Å². The van der Waals surface area contributed by atoms with E-state index in [1.165, 1.54) is 6.07 Å². The average Bonchev–Trinajstić information content (AvgIpc) is 2.79. The van der Waals surface area contributed by atoms with E-state index in [1.54, 1.807) is 12.3 Å². The molecular weight excluding hydrogens is 234 g/mol. The quantitative estimate of drug-likeness (QED) is 0.859. The van der Waals surface area contributed by atoms with Crippen LogP contribution in [0.5, 0.6) is 0 Å². The van der Waals surface area contributed by atoms with Crippen molar-refractivity contribution in [3.63, 3.8) is 0 Å². The molecule has 0 amide bonds. The lowest BCUT2D eigenvalue weighted by Gasteiger charge is -2.06. The van der Waals surface area contributed by atoms with Crippen LogP contribution in [-0.4, -0.2) is 21.0 Å². The molecule has 6 heteroatoms. The molecule has 0 bridgehead atoms. The molecule has 6 nitrogen and oxygen atoms in total. The van der Waals surface area contributed by atoms with Crippen molar-refractivity contribution in [1.29, 1.82) is 0 Å². The Morgan fingerprint density at radius 3 is 2.89 bits per heavy atom. The van der Waals surface area contributed by atoms with Crippen LogP contribution in [0.15, 0.2) is 22.7 Å². The Labute approximate surface area is 104 Å². The van der Waals surface area contributed by atoms with Crippen molar-refractivity contribution in [2.24, 2.45) is 0 Å². The summed E-state index contributed by atoms with van der Waals surface area (Å²) in [6, 6.07) is 3.04. The van der Waals surface area contributed by atoms with Crippen LogP contribution in [-0.2, 0) is 6.54 Å². The fourth-order valence-corrected chi connectivity index (χ4v) is 1.46. The maximum Gasteiger partial charge on any atom is 0.371 e. The largest absolute Gasteiger partial charge is 0.475 e. The molecule has 0 aromatic carbocycles.